The van der Waals surface area contributed by atoms with Crippen LogP contribution in [0.1, 0.15) is 16.5 Å². The Labute approximate surface area is 159 Å². The Bertz CT molecular complexity index is 690. The molecule has 138 valence electrons. The molecule has 1 N–H and O–H groups in total. The van der Waals surface area contributed by atoms with Crippen LogP contribution >= 0.6 is 35.3 Å². The number of rotatable bonds is 4. The molecule has 2 aromatic rings. The topological polar surface area (TPSA) is 24.5 Å². The molecule has 1 fully saturated rings. The first-order chi connectivity index (χ1) is 11.4. The smallest absolute Gasteiger partial charge is 0.406 e. The summed E-state index contributed by atoms with van der Waals surface area (Å²) in [5.41, 5.74) is 0.761. The van der Waals surface area contributed by atoms with E-state index in [0.717, 1.165) is 36.6 Å². The van der Waals surface area contributed by atoms with Gasteiger partial charge in [-0.1, -0.05) is 23.7 Å². The number of piperazine rings is 1. The fraction of sp³-hybridized carbons (Fsp3) is 0.375. The quantitative estimate of drug-likeness (QED) is 0.786. The fourth-order valence-electron chi connectivity index (χ4n) is 2.85. The zero-order valence-electron chi connectivity index (χ0n) is 13.1. The highest BCUT2D eigenvalue weighted by Gasteiger charge is 2.32. The van der Waals surface area contributed by atoms with Gasteiger partial charge in [-0.25, -0.2) is 0 Å². The zero-order valence-corrected chi connectivity index (χ0v) is 15.4. The maximum atomic E-state index is 12.5. The van der Waals surface area contributed by atoms with Gasteiger partial charge >= 0.3 is 6.36 Å². The number of ether oxygens (including phenoxy) is 1. The van der Waals surface area contributed by atoms with E-state index < -0.39 is 6.36 Å². The molecule has 0 bridgehead atoms. The Morgan fingerprint density at radius 3 is 2.48 bits per heavy atom. The van der Waals surface area contributed by atoms with Crippen LogP contribution in [0.4, 0.5) is 13.2 Å². The number of nitrogens with one attached hydrogen (secondary N) is 1. The molecule has 0 spiro atoms. The van der Waals surface area contributed by atoms with Crippen LogP contribution in [0.25, 0.3) is 0 Å². The lowest BCUT2D eigenvalue weighted by atomic mass is 10.0. The standard InChI is InChI=1S/C16H16ClF3N2OS.ClH/c17-14-5-4-13(24-14)15(22-8-6-21-7-9-22)11-2-1-3-12(10-11)23-16(18,19)20;/h1-5,10,15,21H,6-9H2;1H/t15-;/m1./s1. The minimum Gasteiger partial charge on any atom is -0.406 e. The van der Waals surface area contributed by atoms with Gasteiger partial charge in [-0.05, 0) is 29.8 Å². The number of benzene rings is 1. The SMILES string of the molecule is Cl.FC(F)(F)Oc1cccc([C@H](c2ccc(Cl)s2)N2CCNCC2)c1. The monoisotopic (exact) mass is 412 g/mol. The van der Waals surface area contributed by atoms with E-state index in [2.05, 4.69) is 15.0 Å². The predicted molar refractivity (Wildman–Crippen MR) is 96.0 cm³/mol. The van der Waals surface area contributed by atoms with Gasteiger partial charge < -0.3 is 10.1 Å². The van der Waals surface area contributed by atoms with Crippen LogP contribution in [0.15, 0.2) is 36.4 Å². The molecule has 1 atom stereocenters. The number of thiophene rings is 1. The molecule has 2 heterocycles. The Balaban J connectivity index is 0.00000225. The van der Waals surface area contributed by atoms with Crippen LogP contribution in [-0.2, 0) is 0 Å². The highest BCUT2D eigenvalue weighted by molar-refractivity contribution is 7.16. The number of nitrogens with zero attached hydrogens (tertiary/aromatic N) is 1. The predicted octanol–water partition coefficient (Wildman–Crippen LogP) is 4.72. The lowest BCUT2D eigenvalue weighted by Crippen LogP contribution is -2.45. The van der Waals surface area contributed by atoms with Gasteiger partial charge in [-0.3, -0.25) is 4.90 Å². The lowest BCUT2D eigenvalue weighted by Gasteiger charge is -2.34. The van der Waals surface area contributed by atoms with E-state index >= 15 is 0 Å². The molecule has 1 aliphatic heterocycles. The highest BCUT2D eigenvalue weighted by atomic mass is 35.5. The van der Waals surface area contributed by atoms with Gasteiger partial charge in [0.2, 0.25) is 0 Å². The lowest BCUT2D eigenvalue weighted by molar-refractivity contribution is -0.274. The molecule has 0 aliphatic carbocycles. The van der Waals surface area contributed by atoms with Gasteiger partial charge in [0.05, 0.1) is 10.4 Å². The molecule has 25 heavy (non-hydrogen) atoms. The summed E-state index contributed by atoms with van der Waals surface area (Å²) in [7, 11) is 0. The molecule has 0 unspecified atom stereocenters. The van der Waals surface area contributed by atoms with Crippen molar-refractivity contribution in [2.24, 2.45) is 0 Å². The van der Waals surface area contributed by atoms with Crippen molar-refractivity contribution in [3.8, 4) is 5.75 Å². The Morgan fingerprint density at radius 1 is 1.16 bits per heavy atom. The summed E-state index contributed by atoms with van der Waals surface area (Å²) in [5.74, 6) is -0.206. The van der Waals surface area contributed by atoms with E-state index in [1.165, 1.54) is 23.5 Å². The maximum absolute atomic E-state index is 12.5. The number of hydrogen-bond donors (Lipinski definition) is 1. The fourth-order valence-corrected chi connectivity index (χ4v) is 4.08. The maximum Gasteiger partial charge on any atom is 0.573 e. The summed E-state index contributed by atoms with van der Waals surface area (Å²) in [6.07, 6.45) is -4.70. The summed E-state index contributed by atoms with van der Waals surface area (Å²) in [6, 6.07) is 9.77. The third-order valence-corrected chi connectivity index (χ3v) is 5.07. The van der Waals surface area contributed by atoms with E-state index in [0.29, 0.717) is 4.34 Å². The normalized spacial score (nSPS) is 17.0. The van der Waals surface area contributed by atoms with E-state index in [-0.39, 0.29) is 24.2 Å². The first-order valence-corrected chi connectivity index (χ1v) is 8.67. The van der Waals surface area contributed by atoms with Crippen LogP contribution in [0, 0.1) is 0 Å². The molecule has 9 heteroatoms. The van der Waals surface area contributed by atoms with Crippen molar-refractivity contribution in [1.82, 2.24) is 10.2 Å². The molecule has 0 amide bonds. The van der Waals surface area contributed by atoms with Gasteiger partial charge in [0.15, 0.2) is 0 Å². The van der Waals surface area contributed by atoms with Gasteiger partial charge in [0, 0.05) is 31.1 Å². The second-order valence-electron chi connectivity index (χ2n) is 5.45. The van der Waals surface area contributed by atoms with E-state index in [9.17, 15) is 13.2 Å². The molecule has 1 aliphatic rings. The minimum absolute atomic E-state index is 0. The van der Waals surface area contributed by atoms with E-state index in [1.807, 2.05) is 18.2 Å². The van der Waals surface area contributed by atoms with Crippen molar-refractivity contribution in [2.45, 2.75) is 12.4 Å². The van der Waals surface area contributed by atoms with Crippen molar-refractivity contribution in [3.05, 3.63) is 51.2 Å². The van der Waals surface area contributed by atoms with Crippen molar-refractivity contribution < 1.29 is 17.9 Å². The molecular weight excluding hydrogens is 396 g/mol. The first-order valence-electron chi connectivity index (χ1n) is 7.48. The summed E-state index contributed by atoms with van der Waals surface area (Å²) >= 11 is 7.51. The molecule has 1 saturated heterocycles. The van der Waals surface area contributed by atoms with Gasteiger partial charge in [-0.2, -0.15) is 0 Å². The number of halogens is 5. The largest absolute Gasteiger partial charge is 0.573 e. The van der Waals surface area contributed by atoms with Gasteiger partial charge in [0.1, 0.15) is 5.75 Å². The Morgan fingerprint density at radius 2 is 1.88 bits per heavy atom. The third-order valence-electron chi connectivity index (χ3n) is 3.79. The summed E-state index contributed by atoms with van der Waals surface area (Å²) < 4.78 is 42.2. The highest BCUT2D eigenvalue weighted by Crippen LogP contribution is 2.37. The Hall–Kier alpha value is -0.990. The van der Waals surface area contributed by atoms with Crippen LogP contribution in [0.2, 0.25) is 4.34 Å². The average Bonchev–Trinajstić information content (AvgIpc) is 2.93. The van der Waals surface area contributed by atoms with Crippen LogP contribution in [0.3, 0.4) is 0 Å². The minimum atomic E-state index is -4.70. The van der Waals surface area contributed by atoms with Gasteiger partial charge in [-0.15, -0.1) is 36.9 Å². The van der Waals surface area contributed by atoms with Crippen molar-refractivity contribution in [3.63, 3.8) is 0 Å². The second-order valence-corrected chi connectivity index (χ2v) is 7.20. The average molecular weight is 413 g/mol. The van der Waals surface area contributed by atoms with E-state index in [4.69, 9.17) is 11.6 Å². The summed E-state index contributed by atoms with van der Waals surface area (Å²) in [5, 5.41) is 3.28. The van der Waals surface area contributed by atoms with Crippen molar-refractivity contribution in [1.29, 1.82) is 0 Å². The molecule has 0 saturated carbocycles. The molecular formula is C16H17Cl2F3N2OS. The van der Waals surface area contributed by atoms with Crippen LogP contribution < -0.4 is 10.1 Å². The molecule has 3 nitrogen and oxygen atoms in total. The number of alkyl halides is 3. The molecule has 1 aromatic carbocycles. The third kappa shape index (κ3) is 5.49. The molecule has 3 rings (SSSR count). The van der Waals surface area contributed by atoms with Crippen molar-refractivity contribution in [2.75, 3.05) is 26.2 Å². The van der Waals surface area contributed by atoms with Crippen LogP contribution in [0.5, 0.6) is 5.75 Å². The van der Waals surface area contributed by atoms with Crippen molar-refractivity contribution >= 4 is 35.3 Å². The van der Waals surface area contributed by atoms with Gasteiger partial charge in [0.25, 0.3) is 0 Å². The molecule has 0 radical (unpaired) electrons. The molecule has 1 aromatic heterocycles. The summed E-state index contributed by atoms with van der Waals surface area (Å²) in [4.78, 5) is 3.25. The number of hydrogen-bond acceptors (Lipinski definition) is 4. The van der Waals surface area contributed by atoms with E-state index in [1.54, 1.807) is 6.07 Å². The second kappa shape index (κ2) is 8.60. The summed E-state index contributed by atoms with van der Waals surface area (Å²) in [6.45, 7) is 3.30. The zero-order chi connectivity index (χ0) is 17.2. The van der Waals surface area contributed by atoms with Crippen LogP contribution in [-0.4, -0.2) is 37.4 Å². The first kappa shape index (κ1) is 20.3. The Kier molecular flexibility index (Phi) is 6.99.